The summed E-state index contributed by atoms with van der Waals surface area (Å²) >= 11 is 1.80. The SMILES string of the molecule is CSc1ccc2c(c1)c1cccc3c1n2-c1cc2oc4ccccc4c2c2c1B3n1c3ccccc3c3cccc-2c31. The van der Waals surface area contributed by atoms with E-state index in [1.807, 2.05) is 0 Å². The van der Waals surface area contributed by atoms with Gasteiger partial charge in [0.25, 0.3) is 0 Å². The highest BCUT2D eigenvalue weighted by Crippen LogP contribution is 2.47. The number of aromatic nitrogens is 2. The summed E-state index contributed by atoms with van der Waals surface area (Å²) in [6.07, 6.45) is 2.15. The molecule has 42 heavy (non-hydrogen) atoms. The van der Waals surface area contributed by atoms with Gasteiger partial charge in [0.15, 0.2) is 0 Å². The van der Waals surface area contributed by atoms with Crippen molar-refractivity contribution >= 4 is 95.1 Å². The van der Waals surface area contributed by atoms with Gasteiger partial charge in [-0.25, -0.2) is 0 Å². The van der Waals surface area contributed by atoms with E-state index in [2.05, 4.69) is 124 Å². The van der Waals surface area contributed by atoms with Crippen molar-refractivity contribution in [3.8, 4) is 16.8 Å². The molecule has 0 fully saturated rings. The largest absolute Gasteiger partial charge is 0.456 e. The van der Waals surface area contributed by atoms with Crippen molar-refractivity contribution in [2.45, 2.75) is 4.90 Å². The highest BCUT2D eigenvalue weighted by atomic mass is 32.2. The van der Waals surface area contributed by atoms with Crippen LogP contribution in [0.25, 0.3) is 82.4 Å². The van der Waals surface area contributed by atoms with Crippen molar-refractivity contribution in [3.63, 3.8) is 0 Å². The highest BCUT2D eigenvalue weighted by molar-refractivity contribution is 7.98. The normalized spacial score (nSPS) is 13.4. The van der Waals surface area contributed by atoms with E-state index in [1.165, 1.54) is 87.0 Å². The summed E-state index contributed by atoms with van der Waals surface area (Å²) in [5, 5.41) is 7.62. The molecule has 6 aromatic carbocycles. The van der Waals surface area contributed by atoms with E-state index in [0.717, 1.165) is 11.2 Å². The standard InChI is InChI=1S/C37H21BN2OS/c1-42-20-16-17-28-26(18-20)23-11-7-13-27-37(23)39(28)30-19-32-33(24-9-3-5-15-31(24)41-32)34-25-12-6-10-22-21-8-2-4-14-29(21)40(36(22)25)38(27)35(30)34/h2-19H,1H3. The first-order valence-corrected chi connectivity index (χ1v) is 15.7. The second-order valence-electron chi connectivity index (χ2n) is 11.6. The average molecular weight is 552 g/mol. The fourth-order valence-corrected chi connectivity index (χ4v) is 8.69. The zero-order valence-electron chi connectivity index (χ0n) is 22.7. The third kappa shape index (κ3) is 2.34. The molecule has 3 aromatic heterocycles. The van der Waals surface area contributed by atoms with E-state index in [-0.39, 0.29) is 6.85 Å². The van der Waals surface area contributed by atoms with Gasteiger partial charge < -0.3 is 13.5 Å². The summed E-state index contributed by atoms with van der Waals surface area (Å²) in [5.74, 6) is 0. The first kappa shape index (κ1) is 21.8. The number of furan rings is 1. The Morgan fingerprint density at radius 3 is 2.33 bits per heavy atom. The number of fused-ring (bicyclic) bond motifs is 14. The number of rotatable bonds is 1. The zero-order valence-corrected chi connectivity index (χ0v) is 23.5. The lowest BCUT2D eigenvalue weighted by Gasteiger charge is -2.34. The van der Waals surface area contributed by atoms with Gasteiger partial charge in [-0.15, -0.1) is 11.8 Å². The smallest absolute Gasteiger partial charge is 0.333 e. The van der Waals surface area contributed by atoms with Crippen LogP contribution in [0.3, 0.4) is 0 Å². The Hall–Kier alpha value is -4.87. The molecule has 9 aromatic rings. The molecule has 0 bridgehead atoms. The molecule has 0 radical (unpaired) electrons. The molecule has 3 nitrogen and oxygen atoms in total. The monoisotopic (exact) mass is 552 g/mol. The van der Waals surface area contributed by atoms with Crippen LogP contribution >= 0.6 is 11.8 Å². The van der Waals surface area contributed by atoms with Crippen molar-refractivity contribution in [2.24, 2.45) is 0 Å². The molecule has 0 amide bonds. The molecule has 5 heterocycles. The predicted octanol–water partition coefficient (Wildman–Crippen LogP) is 8.46. The van der Waals surface area contributed by atoms with E-state index < -0.39 is 0 Å². The average Bonchev–Trinajstić information content (AvgIpc) is 3.69. The van der Waals surface area contributed by atoms with Crippen LogP contribution in [0.4, 0.5) is 0 Å². The number of para-hydroxylation sites is 4. The van der Waals surface area contributed by atoms with Crippen molar-refractivity contribution in [2.75, 3.05) is 6.26 Å². The number of thioether (sulfide) groups is 1. The van der Waals surface area contributed by atoms with Crippen LogP contribution in [0, 0.1) is 0 Å². The van der Waals surface area contributed by atoms with E-state index in [9.17, 15) is 0 Å². The van der Waals surface area contributed by atoms with Crippen LogP contribution in [-0.4, -0.2) is 22.1 Å². The minimum absolute atomic E-state index is 0.0471. The molecule has 0 saturated carbocycles. The second-order valence-corrected chi connectivity index (χ2v) is 12.5. The number of benzene rings is 6. The van der Waals surface area contributed by atoms with Gasteiger partial charge in [0.05, 0.1) is 11.0 Å². The molecule has 194 valence electrons. The summed E-state index contributed by atoms with van der Waals surface area (Å²) in [4.78, 5) is 1.28. The van der Waals surface area contributed by atoms with Crippen LogP contribution in [-0.2, 0) is 0 Å². The Labute approximate surface area is 245 Å². The Morgan fingerprint density at radius 1 is 0.643 bits per heavy atom. The zero-order chi connectivity index (χ0) is 27.3. The molecule has 0 spiro atoms. The summed E-state index contributed by atoms with van der Waals surface area (Å²) in [5.41, 5.74) is 13.5. The third-order valence-electron chi connectivity index (χ3n) is 9.78. The lowest BCUT2D eigenvalue weighted by Crippen LogP contribution is -2.55. The molecule has 0 aliphatic carbocycles. The molecular formula is C37H21BN2OS. The molecule has 0 atom stereocenters. The predicted molar refractivity (Wildman–Crippen MR) is 179 cm³/mol. The molecule has 2 aliphatic heterocycles. The fraction of sp³-hybridized carbons (Fsp3) is 0.0270. The van der Waals surface area contributed by atoms with Crippen LogP contribution in [0.2, 0.25) is 0 Å². The maximum atomic E-state index is 6.65. The molecule has 0 N–H and O–H groups in total. The molecule has 5 heteroatoms. The first-order valence-electron chi connectivity index (χ1n) is 14.4. The van der Waals surface area contributed by atoms with Gasteiger partial charge in [-0.05, 0) is 53.1 Å². The number of hydrogen-bond donors (Lipinski definition) is 0. The highest BCUT2D eigenvalue weighted by Gasteiger charge is 2.42. The first-order chi connectivity index (χ1) is 20.8. The van der Waals surface area contributed by atoms with Crippen molar-refractivity contribution in [3.05, 3.63) is 109 Å². The Bertz CT molecular complexity index is 2690. The lowest BCUT2D eigenvalue weighted by atomic mass is 9.45. The molecule has 0 unspecified atom stereocenters. The van der Waals surface area contributed by atoms with Gasteiger partial charge in [-0.1, -0.05) is 72.8 Å². The van der Waals surface area contributed by atoms with Crippen LogP contribution in [0.1, 0.15) is 0 Å². The van der Waals surface area contributed by atoms with Crippen LogP contribution in [0.5, 0.6) is 0 Å². The Morgan fingerprint density at radius 2 is 1.43 bits per heavy atom. The fourth-order valence-electron chi connectivity index (χ4n) is 8.25. The van der Waals surface area contributed by atoms with E-state index in [4.69, 9.17) is 4.42 Å². The maximum absolute atomic E-state index is 6.65. The molecule has 11 rings (SSSR count). The molecule has 0 saturated heterocycles. The van der Waals surface area contributed by atoms with Gasteiger partial charge >= 0.3 is 6.85 Å². The lowest BCUT2D eigenvalue weighted by molar-refractivity contribution is 0.669. The Kier molecular flexibility index (Phi) is 3.80. The summed E-state index contributed by atoms with van der Waals surface area (Å²) in [6.45, 7) is 0.0471. The third-order valence-corrected chi connectivity index (χ3v) is 10.5. The van der Waals surface area contributed by atoms with E-state index in [0.29, 0.717) is 0 Å². The van der Waals surface area contributed by atoms with Gasteiger partial charge in [0.2, 0.25) is 0 Å². The van der Waals surface area contributed by atoms with Gasteiger partial charge in [0.1, 0.15) is 11.2 Å². The van der Waals surface area contributed by atoms with Gasteiger partial charge in [0, 0.05) is 65.6 Å². The minimum atomic E-state index is 0.0471. The van der Waals surface area contributed by atoms with E-state index in [1.54, 1.807) is 11.8 Å². The van der Waals surface area contributed by atoms with Crippen molar-refractivity contribution < 1.29 is 4.42 Å². The van der Waals surface area contributed by atoms with Crippen molar-refractivity contribution in [1.29, 1.82) is 0 Å². The quantitative estimate of drug-likeness (QED) is 0.151. The number of hydrogen-bond acceptors (Lipinski definition) is 2. The van der Waals surface area contributed by atoms with Crippen molar-refractivity contribution in [1.82, 2.24) is 9.05 Å². The Balaban J connectivity index is 1.46. The second kappa shape index (κ2) is 7.31. The number of nitrogens with zero attached hydrogens (tertiary/aromatic N) is 2. The molecular weight excluding hydrogens is 531 g/mol. The van der Waals surface area contributed by atoms with Crippen LogP contribution in [0.15, 0.2) is 119 Å². The van der Waals surface area contributed by atoms with E-state index >= 15 is 0 Å². The van der Waals surface area contributed by atoms with Crippen LogP contribution < -0.4 is 10.9 Å². The maximum Gasteiger partial charge on any atom is 0.333 e. The summed E-state index contributed by atoms with van der Waals surface area (Å²) < 4.78 is 11.8. The van der Waals surface area contributed by atoms with Gasteiger partial charge in [-0.3, -0.25) is 0 Å². The topological polar surface area (TPSA) is 23.0 Å². The van der Waals surface area contributed by atoms with Gasteiger partial charge in [-0.2, -0.15) is 0 Å². The summed E-state index contributed by atoms with van der Waals surface area (Å²) in [7, 11) is 0. The minimum Gasteiger partial charge on any atom is -0.456 e. The summed E-state index contributed by atoms with van der Waals surface area (Å²) in [6, 6.07) is 40.4. The molecule has 2 aliphatic rings.